The van der Waals surface area contributed by atoms with E-state index in [-0.39, 0.29) is 18.3 Å². The fraction of sp³-hybridized carbons (Fsp3) is 0.429. The molecule has 0 fully saturated rings. The molecule has 0 amide bonds. The number of carbonyl (C=O) groups is 1. The maximum absolute atomic E-state index is 11.5. The van der Waals surface area contributed by atoms with Crippen molar-refractivity contribution >= 4 is 16.7 Å². The van der Waals surface area contributed by atoms with Crippen LogP contribution in [0.25, 0.3) is 10.9 Å². The molecule has 4 nitrogen and oxygen atoms in total. The third-order valence-corrected chi connectivity index (χ3v) is 3.33. The van der Waals surface area contributed by atoms with Crippen molar-refractivity contribution < 1.29 is 9.90 Å². The number of rotatable bonds is 5. The van der Waals surface area contributed by atoms with Crippen molar-refractivity contribution in [1.29, 1.82) is 0 Å². The molecular formula is C14H18N2O2. The van der Waals surface area contributed by atoms with Crippen molar-refractivity contribution in [3.8, 4) is 0 Å². The number of nitrogens with zero attached hydrogens (tertiary/aromatic N) is 2. The topological polar surface area (TPSA) is 55.1 Å². The first-order chi connectivity index (χ1) is 8.63. The molecule has 0 saturated heterocycles. The van der Waals surface area contributed by atoms with Crippen LogP contribution in [0.1, 0.15) is 19.0 Å². The summed E-state index contributed by atoms with van der Waals surface area (Å²) < 4.78 is 1.83. The second-order valence-electron chi connectivity index (χ2n) is 4.61. The van der Waals surface area contributed by atoms with E-state index in [1.54, 1.807) is 6.92 Å². The second kappa shape index (κ2) is 5.31. The Bertz CT molecular complexity index is 560. The predicted molar refractivity (Wildman–Crippen MR) is 70.3 cm³/mol. The Morgan fingerprint density at radius 3 is 2.83 bits per heavy atom. The summed E-state index contributed by atoms with van der Waals surface area (Å²) in [5.74, 6) is -0.0351. The van der Waals surface area contributed by atoms with Gasteiger partial charge in [0, 0.05) is 31.4 Å². The molecule has 4 heteroatoms. The third kappa shape index (κ3) is 2.43. The summed E-state index contributed by atoms with van der Waals surface area (Å²) in [5.41, 5.74) is 2.00. The van der Waals surface area contributed by atoms with Crippen LogP contribution in [0.4, 0.5) is 0 Å². The molecule has 0 spiro atoms. The minimum Gasteiger partial charge on any atom is -0.396 e. The highest BCUT2D eigenvalue weighted by Gasteiger charge is 2.18. The monoisotopic (exact) mass is 246 g/mol. The summed E-state index contributed by atoms with van der Waals surface area (Å²) in [7, 11) is 1.90. The number of hydrogen-bond acceptors (Lipinski definition) is 3. The molecule has 18 heavy (non-hydrogen) atoms. The van der Waals surface area contributed by atoms with Gasteiger partial charge in [-0.1, -0.05) is 18.2 Å². The van der Waals surface area contributed by atoms with Gasteiger partial charge >= 0.3 is 0 Å². The molecule has 1 heterocycles. The number of para-hydroxylation sites is 1. The van der Waals surface area contributed by atoms with Crippen LogP contribution in [-0.4, -0.2) is 27.3 Å². The van der Waals surface area contributed by atoms with Crippen LogP contribution in [0.5, 0.6) is 0 Å². The first-order valence-electron chi connectivity index (χ1n) is 6.15. The van der Waals surface area contributed by atoms with Crippen molar-refractivity contribution in [3.05, 3.63) is 30.0 Å². The van der Waals surface area contributed by atoms with E-state index in [1.165, 1.54) is 0 Å². The molecular weight excluding hydrogens is 228 g/mol. The Morgan fingerprint density at radius 1 is 1.44 bits per heavy atom. The van der Waals surface area contributed by atoms with E-state index in [9.17, 15) is 4.79 Å². The van der Waals surface area contributed by atoms with Crippen LogP contribution in [0.15, 0.2) is 24.3 Å². The van der Waals surface area contributed by atoms with Crippen LogP contribution in [0, 0.1) is 5.92 Å². The van der Waals surface area contributed by atoms with E-state index in [0.29, 0.717) is 12.8 Å². The SMILES string of the molecule is CC(=O)C(CCO)Cc1nn(C)c2ccccc12. The van der Waals surface area contributed by atoms with Gasteiger partial charge in [-0.3, -0.25) is 9.48 Å². The van der Waals surface area contributed by atoms with Gasteiger partial charge < -0.3 is 5.11 Å². The lowest BCUT2D eigenvalue weighted by Crippen LogP contribution is -2.16. The Labute approximate surface area is 106 Å². The third-order valence-electron chi connectivity index (χ3n) is 3.33. The highest BCUT2D eigenvalue weighted by molar-refractivity contribution is 5.83. The van der Waals surface area contributed by atoms with E-state index in [1.807, 2.05) is 36.0 Å². The molecule has 1 atom stereocenters. The molecule has 0 aliphatic rings. The van der Waals surface area contributed by atoms with Gasteiger partial charge in [-0.2, -0.15) is 5.10 Å². The zero-order chi connectivity index (χ0) is 13.1. The number of aliphatic hydroxyl groups excluding tert-OH is 1. The lowest BCUT2D eigenvalue weighted by Gasteiger charge is -2.10. The standard InChI is InChI=1S/C14H18N2O2/c1-10(18)11(7-8-17)9-13-12-5-3-4-6-14(12)16(2)15-13/h3-6,11,17H,7-9H2,1-2H3. The molecule has 1 unspecified atom stereocenters. The molecule has 1 aromatic heterocycles. The molecule has 0 radical (unpaired) electrons. The lowest BCUT2D eigenvalue weighted by molar-refractivity contribution is -0.121. The normalized spacial score (nSPS) is 12.8. The summed E-state index contributed by atoms with van der Waals surface area (Å²) in [5, 5.41) is 14.6. The van der Waals surface area contributed by atoms with Crippen LogP contribution in [0.2, 0.25) is 0 Å². The smallest absolute Gasteiger partial charge is 0.133 e. The van der Waals surface area contributed by atoms with E-state index >= 15 is 0 Å². The molecule has 2 rings (SSSR count). The van der Waals surface area contributed by atoms with Crippen molar-refractivity contribution in [2.75, 3.05) is 6.61 Å². The van der Waals surface area contributed by atoms with Gasteiger partial charge in [0.25, 0.3) is 0 Å². The maximum Gasteiger partial charge on any atom is 0.133 e. The Hall–Kier alpha value is -1.68. The van der Waals surface area contributed by atoms with Crippen LogP contribution < -0.4 is 0 Å². The van der Waals surface area contributed by atoms with E-state index < -0.39 is 0 Å². The van der Waals surface area contributed by atoms with Crippen molar-refractivity contribution in [2.45, 2.75) is 19.8 Å². The van der Waals surface area contributed by atoms with Gasteiger partial charge in [0.05, 0.1) is 11.2 Å². The number of aryl methyl sites for hydroxylation is 1. The van der Waals surface area contributed by atoms with Crippen molar-refractivity contribution in [3.63, 3.8) is 0 Å². The van der Waals surface area contributed by atoms with E-state index in [4.69, 9.17) is 5.11 Å². The fourth-order valence-electron chi connectivity index (χ4n) is 2.28. The minimum absolute atomic E-state index is 0.0367. The summed E-state index contributed by atoms with van der Waals surface area (Å²) in [6, 6.07) is 7.99. The first kappa shape index (κ1) is 12.8. The molecule has 0 saturated carbocycles. The van der Waals surface area contributed by atoms with Gasteiger partial charge in [0.15, 0.2) is 0 Å². The van der Waals surface area contributed by atoms with Gasteiger partial charge in [-0.25, -0.2) is 0 Å². The quantitative estimate of drug-likeness (QED) is 0.873. The highest BCUT2D eigenvalue weighted by atomic mass is 16.3. The Kier molecular flexibility index (Phi) is 3.77. The number of ketones is 1. The maximum atomic E-state index is 11.5. The van der Waals surface area contributed by atoms with Gasteiger partial charge in [-0.15, -0.1) is 0 Å². The van der Waals surface area contributed by atoms with Gasteiger partial charge in [0.1, 0.15) is 5.78 Å². The number of benzene rings is 1. The molecule has 96 valence electrons. The van der Waals surface area contributed by atoms with Crippen molar-refractivity contribution in [1.82, 2.24) is 9.78 Å². The summed E-state index contributed by atoms with van der Waals surface area (Å²) in [6.45, 7) is 1.61. The van der Waals surface area contributed by atoms with E-state index in [0.717, 1.165) is 16.6 Å². The van der Waals surface area contributed by atoms with Crippen LogP contribution >= 0.6 is 0 Å². The van der Waals surface area contributed by atoms with Crippen molar-refractivity contribution in [2.24, 2.45) is 13.0 Å². The summed E-state index contributed by atoms with van der Waals surface area (Å²) >= 11 is 0. The zero-order valence-corrected chi connectivity index (χ0v) is 10.8. The Morgan fingerprint density at radius 2 is 2.17 bits per heavy atom. The average Bonchev–Trinajstić information content (AvgIpc) is 2.66. The number of aliphatic hydroxyl groups is 1. The Balaban J connectivity index is 2.33. The average molecular weight is 246 g/mol. The molecule has 2 aromatic rings. The zero-order valence-electron chi connectivity index (χ0n) is 10.8. The van der Waals surface area contributed by atoms with Gasteiger partial charge in [-0.05, 0) is 19.4 Å². The minimum atomic E-state index is -0.145. The molecule has 0 aliphatic carbocycles. The number of hydrogen-bond donors (Lipinski definition) is 1. The largest absolute Gasteiger partial charge is 0.396 e. The van der Waals surface area contributed by atoms with Crippen LogP contribution in [0.3, 0.4) is 0 Å². The second-order valence-corrected chi connectivity index (χ2v) is 4.61. The number of fused-ring (bicyclic) bond motifs is 1. The number of Topliss-reactive ketones (excluding diaryl/α,β-unsaturated/α-hetero) is 1. The van der Waals surface area contributed by atoms with E-state index in [2.05, 4.69) is 5.10 Å². The molecule has 1 N–H and O–H groups in total. The summed E-state index contributed by atoms with van der Waals surface area (Å²) in [6.07, 6.45) is 1.09. The van der Waals surface area contributed by atoms with Crippen LogP contribution in [-0.2, 0) is 18.3 Å². The molecule has 1 aromatic carbocycles. The predicted octanol–water partition coefficient (Wildman–Crippen LogP) is 1.70. The first-order valence-corrected chi connectivity index (χ1v) is 6.15. The number of aromatic nitrogens is 2. The lowest BCUT2D eigenvalue weighted by atomic mass is 9.95. The molecule has 0 bridgehead atoms. The number of carbonyl (C=O) groups excluding carboxylic acids is 1. The fourth-order valence-corrected chi connectivity index (χ4v) is 2.28. The molecule has 0 aliphatic heterocycles. The summed E-state index contributed by atoms with van der Waals surface area (Å²) in [4.78, 5) is 11.5. The van der Waals surface area contributed by atoms with Gasteiger partial charge in [0.2, 0.25) is 0 Å². The highest BCUT2D eigenvalue weighted by Crippen LogP contribution is 2.21.